The van der Waals surface area contributed by atoms with Gasteiger partial charge < -0.3 is 5.32 Å². The van der Waals surface area contributed by atoms with E-state index in [2.05, 4.69) is 10.4 Å². The van der Waals surface area contributed by atoms with E-state index < -0.39 is 33.7 Å². The molecule has 6 nitrogen and oxygen atoms in total. The first kappa shape index (κ1) is 18.4. The van der Waals surface area contributed by atoms with Gasteiger partial charge in [0.05, 0.1) is 16.7 Å². The highest BCUT2D eigenvalue weighted by Gasteiger charge is 2.36. The van der Waals surface area contributed by atoms with Gasteiger partial charge in [-0.15, -0.1) is 0 Å². The van der Waals surface area contributed by atoms with Gasteiger partial charge in [0.25, 0.3) is 0 Å². The number of fused-ring (bicyclic) bond motifs is 1. The zero-order chi connectivity index (χ0) is 19.1. The van der Waals surface area contributed by atoms with Crippen molar-refractivity contribution in [2.75, 3.05) is 5.75 Å². The molecule has 0 bridgehead atoms. The van der Waals surface area contributed by atoms with Crippen LogP contribution in [-0.2, 0) is 27.4 Å². The lowest BCUT2D eigenvalue weighted by Crippen LogP contribution is -2.35. The van der Waals surface area contributed by atoms with Crippen molar-refractivity contribution in [2.24, 2.45) is 0 Å². The van der Waals surface area contributed by atoms with Crippen LogP contribution in [0.3, 0.4) is 0 Å². The van der Waals surface area contributed by atoms with Crippen molar-refractivity contribution in [3.8, 4) is 0 Å². The fourth-order valence-corrected chi connectivity index (χ4v) is 4.63. The van der Waals surface area contributed by atoms with E-state index in [0.717, 1.165) is 10.9 Å². The van der Waals surface area contributed by atoms with E-state index in [0.29, 0.717) is 5.56 Å². The summed E-state index contributed by atoms with van der Waals surface area (Å²) < 4.78 is 63.5. The first-order chi connectivity index (χ1) is 12.1. The largest absolute Gasteiger partial charge is 0.435 e. The molecule has 1 aliphatic rings. The van der Waals surface area contributed by atoms with Crippen molar-refractivity contribution in [3.63, 3.8) is 0 Å². The summed E-state index contributed by atoms with van der Waals surface area (Å²) in [6.07, 6.45) is -3.22. The van der Waals surface area contributed by atoms with E-state index in [1.54, 1.807) is 18.2 Å². The molecule has 0 fully saturated rings. The van der Waals surface area contributed by atoms with Crippen molar-refractivity contribution in [1.82, 2.24) is 15.1 Å². The first-order valence-corrected chi connectivity index (χ1v) is 9.45. The molecule has 0 radical (unpaired) electrons. The Balaban J connectivity index is 1.76. The van der Waals surface area contributed by atoms with Gasteiger partial charge >= 0.3 is 6.18 Å². The molecule has 26 heavy (non-hydrogen) atoms. The molecule has 0 spiro atoms. The number of halogens is 3. The molecule has 1 N–H and O–H groups in total. The van der Waals surface area contributed by atoms with Gasteiger partial charge in [-0.3, -0.25) is 9.48 Å². The van der Waals surface area contributed by atoms with Crippen LogP contribution < -0.4 is 5.32 Å². The summed E-state index contributed by atoms with van der Waals surface area (Å²) in [5.41, 5.74) is -0.612. The number of hydrogen-bond acceptors (Lipinski definition) is 4. The number of carbonyl (C=O) groups is 1. The number of benzene rings is 1. The number of alkyl halides is 3. The second-order valence-electron chi connectivity index (χ2n) is 6.12. The predicted molar refractivity (Wildman–Crippen MR) is 86.0 cm³/mol. The first-order valence-electron chi connectivity index (χ1n) is 7.80. The Morgan fingerprint density at radius 3 is 2.69 bits per heavy atom. The Labute approximate surface area is 147 Å². The van der Waals surface area contributed by atoms with E-state index in [1.165, 1.54) is 13.0 Å². The van der Waals surface area contributed by atoms with Gasteiger partial charge in [-0.05, 0) is 30.5 Å². The Morgan fingerprint density at radius 1 is 1.35 bits per heavy atom. The summed E-state index contributed by atoms with van der Waals surface area (Å²) in [5, 5.41) is 6.10. The second-order valence-corrected chi connectivity index (χ2v) is 8.20. The lowest BCUT2D eigenvalue weighted by molar-refractivity contribution is -0.142. The molecular weight excluding hydrogens is 371 g/mol. The highest BCUT2D eigenvalue weighted by Crippen LogP contribution is 2.32. The number of rotatable bonds is 3. The van der Waals surface area contributed by atoms with Crippen LogP contribution in [0.25, 0.3) is 0 Å². The number of aromatic nitrogens is 2. The van der Waals surface area contributed by atoms with Crippen molar-refractivity contribution in [2.45, 2.75) is 37.0 Å². The number of nitrogens with one attached hydrogen (secondary N) is 1. The lowest BCUT2D eigenvalue weighted by atomic mass is 10.0. The van der Waals surface area contributed by atoms with E-state index >= 15 is 0 Å². The minimum absolute atomic E-state index is 0.0700. The van der Waals surface area contributed by atoms with Gasteiger partial charge in [0.2, 0.25) is 5.91 Å². The molecule has 1 amide bonds. The molecule has 1 unspecified atom stereocenters. The number of amides is 1. The summed E-state index contributed by atoms with van der Waals surface area (Å²) in [7, 11) is -3.38. The SMILES string of the molecule is Cc1cn(CC(=O)NC2CCS(=O)(=O)c3ccccc32)nc1C(F)(F)F. The Kier molecular flexibility index (Phi) is 4.55. The zero-order valence-electron chi connectivity index (χ0n) is 13.7. The van der Waals surface area contributed by atoms with Crippen LogP contribution in [0.2, 0.25) is 0 Å². The molecular formula is C16H16F3N3O3S. The maximum Gasteiger partial charge on any atom is 0.435 e. The molecule has 0 saturated carbocycles. The average molecular weight is 387 g/mol. The molecule has 10 heteroatoms. The Hall–Kier alpha value is -2.36. The number of hydrogen-bond donors (Lipinski definition) is 1. The maximum atomic E-state index is 12.8. The van der Waals surface area contributed by atoms with E-state index in [-0.39, 0.29) is 29.2 Å². The van der Waals surface area contributed by atoms with Crippen LogP contribution in [0.5, 0.6) is 0 Å². The minimum Gasteiger partial charge on any atom is -0.348 e. The van der Waals surface area contributed by atoms with E-state index in [9.17, 15) is 26.4 Å². The second kappa shape index (κ2) is 6.42. The maximum absolute atomic E-state index is 12.8. The highest BCUT2D eigenvalue weighted by molar-refractivity contribution is 7.91. The average Bonchev–Trinajstić information content (AvgIpc) is 2.91. The summed E-state index contributed by atoms with van der Waals surface area (Å²) in [6, 6.07) is 5.87. The predicted octanol–water partition coefficient (Wildman–Crippen LogP) is 2.25. The molecule has 2 heterocycles. The third-order valence-electron chi connectivity index (χ3n) is 4.16. The smallest absolute Gasteiger partial charge is 0.348 e. The van der Waals surface area contributed by atoms with Crippen LogP contribution in [0.1, 0.15) is 29.3 Å². The fraction of sp³-hybridized carbons (Fsp3) is 0.375. The van der Waals surface area contributed by atoms with Crippen LogP contribution >= 0.6 is 0 Å². The summed E-state index contributed by atoms with van der Waals surface area (Å²) >= 11 is 0. The van der Waals surface area contributed by atoms with Gasteiger partial charge in [0.15, 0.2) is 15.5 Å². The van der Waals surface area contributed by atoms with E-state index in [4.69, 9.17) is 0 Å². The monoisotopic (exact) mass is 387 g/mol. The molecule has 140 valence electrons. The van der Waals surface area contributed by atoms with Gasteiger partial charge in [-0.2, -0.15) is 18.3 Å². The number of aryl methyl sites for hydroxylation is 1. The third-order valence-corrected chi connectivity index (χ3v) is 5.97. The zero-order valence-corrected chi connectivity index (χ0v) is 14.6. The normalized spacial score (nSPS) is 19.0. The molecule has 2 aromatic rings. The standard InChI is InChI=1S/C16H16F3N3O3S/c1-10-8-22(21-15(10)16(17,18)19)9-14(23)20-12-6-7-26(24,25)13-5-3-2-4-11(12)13/h2-5,8,12H,6-7,9H2,1H3,(H,20,23). The molecule has 1 atom stereocenters. The molecule has 0 aliphatic carbocycles. The molecule has 1 aromatic carbocycles. The third kappa shape index (κ3) is 3.59. The topological polar surface area (TPSA) is 81.1 Å². The van der Waals surface area contributed by atoms with Gasteiger partial charge in [-0.1, -0.05) is 18.2 Å². The fourth-order valence-electron chi connectivity index (χ4n) is 3.01. The van der Waals surface area contributed by atoms with Crippen LogP contribution in [0.15, 0.2) is 35.4 Å². The summed E-state index contributed by atoms with van der Waals surface area (Å²) in [5.74, 6) is -0.644. The number of nitrogens with zero attached hydrogens (tertiary/aromatic N) is 2. The van der Waals surface area contributed by atoms with Crippen molar-refractivity contribution >= 4 is 15.7 Å². The van der Waals surface area contributed by atoms with Crippen molar-refractivity contribution in [1.29, 1.82) is 0 Å². The number of sulfone groups is 1. The van der Waals surface area contributed by atoms with Crippen molar-refractivity contribution in [3.05, 3.63) is 47.3 Å². The van der Waals surface area contributed by atoms with Crippen molar-refractivity contribution < 1.29 is 26.4 Å². The van der Waals surface area contributed by atoms with Gasteiger partial charge in [-0.25, -0.2) is 8.42 Å². The molecule has 3 rings (SSSR count). The Bertz CT molecular complexity index is 951. The number of carbonyl (C=O) groups excluding carboxylic acids is 1. The quantitative estimate of drug-likeness (QED) is 0.876. The molecule has 1 aromatic heterocycles. The van der Waals surface area contributed by atoms with Crippen LogP contribution in [-0.4, -0.2) is 29.9 Å². The van der Waals surface area contributed by atoms with Gasteiger partial charge in [0, 0.05) is 6.20 Å². The van der Waals surface area contributed by atoms with Crippen LogP contribution in [0.4, 0.5) is 13.2 Å². The Morgan fingerprint density at radius 2 is 2.04 bits per heavy atom. The summed E-state index contributed by atoms with van der Waals surface area (Å²) in [4.78, 5) is 12.4. The van der Waals surface area contributed by atoms with Crippen LogP contribution in [0, 0.1) is 6.92 Å². The molecule has 1 aliphatic heterocycles. The van der Waals surface area contributed by atoms with Gasteiger partial charge in [0.1, 0.15) is 6.54 Å². The minimum atomic E-state index is -4.58. The lowest BCUT2D eigenvalue weighted by Gasteiger charge is -2.26. The summed E-state index contributed by atoms with van der Waals surface area (Å²) in [6.45, 7) is 0.884. The van der Waals surface area contributed by atoms with E-state index in [1.807, 2.05) is 0 Å². The highest BCUT2D eigenvalue weighted by atomic mass is 32.2. The molecule has 0 saturated heterocycles.